The predicted molar refractivity (Wildman–Crippen MR) is 65.5 cm³/mol. The summed E-state index contributed by atoms with van der Waals surface area (Å²) in [6.45, 7) is 2.28. The van der Waals surface area contributed by atoms with Crippen molar-refractivity contribution in [3.63, 3.8) is 0 Å². The molecule has 1 aromatic carbocycles. The van der Waals surface area contributed by atoms with Crippen LogP contribution in [-0.2, 0) is 0 Å². The number of hydrogen-bond donors (Lipinski definition) is 1. The smallest absolute Gasteiger partial charge is 0.0468 e. The fraction of sp³-hybridized carbons (Fsp3) is 0.500. The van der Waals surface area contributed by atoms with Crippen molar-refractivity contribution in [2.45, 2.75) is 19.4 Å². The molecule has 3 unspecified atom stereocenters. The standard InChI is InChI=1S/C12H15Cl2N/c1-7-5-10(7)12(15-2)9-4-3-8(13)6-11(9)14/h3-4,6-7,10,12,15H,5H2,1-2H3. The summed E-state index contributed by atoms with van der Waals surface area (Å²) >= 11 is 12.1. The Hall–Kier alpha value is -0.240. The molecule has 0 bridgehead atoms. The molecular formula is C12H15Cl2N. The molecule has 0 amide bonds. The maximum Gasteiger partial charge on any atom is 0.0468 e. The molecule has 2 rings (SSSR count). The topological polar surface area (TPSA) is 12.0 Å². The van der Waals surface area contributed by atoms with Crippen molar-refractivity contribution in [1.29, 1.82) is 0 Å². The summed E-state index contributed by atoms with van der Waals surface area (Å²) in [7, 11) is 1.99. The largest absolute Gasteiger partial charge is 0.313 e. The molecule has 1 saturated carbocycles. The van der Waals surface area contributed by atoms with Crippen molar-refractivity contribution < 1.29 is 0 Å². The summed E-state index contributed by atoms with van der Waals surface area (Å²) < 4.78 is 0. The van der Waals surface area contributed by atoms with Crippen LogP contribution in [0.25, 0.3) is 0 Å². The summed E-state index contributed by atoms with van der Waals surface area (Å²) in [5.41, 5.74) is 1.16. The van der Waals surface area contributed by atoms with Gasteiger partial charge in [-0.1, -0.05) is 36.2 Å². The van der Waals surface area contributed by atoms with Crippen LogP contribution in [-0.4, -0.2) is 7.05 Å². The third-order valence-electron chi connectivity index (χ3n) is 3.21. The Morgan fingerprint density at radius 3 is 2.53 bits per heavy atom. The Kier molecular flexibility index (Phi) is 3.24. The minimum Gasteiger partial charge on any atom is -0.313 e. The van der Waals surface area contributed by atoms with E-state index in [0.717, 1.165) is 16.5 Å². The van der Waals surface area contributed by atoms with Crippen LogP contribution < -0.4 is 5.32 Å². The Bertz CT molecular complexity index is 365. The van der Waals surface area contributed by atoms with E-state index in [9.17, 15) is 0 Å². The first-order valence-corrected chi connectivity index (χ1v) is 6.01. The molecule has 1 N–H and O–H groups in total. The van der Waals surface area contributed by atoms with E-state index in [4.69, 9.17) is 23.2 Å². The third-order valence-corrected chi connectivity index (χ3v) is 3.77. The lowest BCUT2D eigenvalue weighted by Crippen LogP contribution is -2.19. The van der Waals surface area contributed by atoms with Gasteiger partial charge in [0, 0.05) is 16.1 Å². The highest BCUT2D eigenvalue weighted by Crippen LogP contribution is 2.48. The number of nitrogens with one attached hydrogen (secondary N) is 1. The molecule has 3 atom stereocenters. The van der Waals surface area contributed by atoms with E-state index < -0.39 is 0 Å². The average molecular weight is 244 g/mol. The van der Waals surface area contributed by atoms with Gasteiger partial charge in [0.15, 0.2) is 0 Å². The number of halogens is 2. The highest BCUT2D eigenvalue weighted by atomic mass is 35.5. The molecule has 0 aromatic heterocycles. The first-order valence-electron chi connectivity index (χ1n) is 5.25. The molecule has 1 aromatic rings. The minimum absolute atomic E-state index is 0.366. The van der Waals surface area contributed by atoms with E-state index in [1.165, 1.54) is 6.42 Å². The van der Waals surface area contributed by atoms with E-state index in [-0.39, 0.29) is 0 Å². The van der Waals surface area contributed by atoms with Crippen molar-refractivity contribution in [2.24, 2.45) is 11.8 Å². The molecule has 3 heteroatoms. The molecular weight excluding hydrogens is 229 g/mol. The third kappa shape index (κ3) is 2.30. The minimum atomic E-state index is 0.366. The van der Waals surface area contributed by atoms with Crippen LogP contribution in [0.5, 0.6) is 0 Å². The summed E-state index contributed by atoms with van der Waals surface area (Å²) in [6, 6.07) is 6.11. The van der Waals surface area contributed by atoms with Crippen molar-refractivity contribution >= 4 is 23.2 Å². The Labute approximate surface area is 101 Å². The van der Waals surface area contributed by atoms with Gasteiger partial charge in [0.2, 0.25) is 0 Å². The van der Waals surface area contributed by atoms with Crippen LogP contribution in [0.3, 0.4) is 0 Å². The van der Waals surface area contributed by atoms with Crippen LogP contribution in [0.15, 0.2) is 18.2 Å². The summed E-state index contributed by atoms with van der Waals surface area (Å²) in [4.78, 5) is 0. The van der Waals surface area contributed by atoms with Gasteiger partial charge in [-0.05, 0) is 43.0 Å². The molecule has 0 aliphatic heterocycles. The Morgan fingerprint density at radius 1 is 1.40 bits per heavy atom. The Morgan fingerprint density at radius 2 is 2.07 bits per heavy atom. The predicted octanol–water partition coefficient (Wildman–Crippen LogP) is 3.91. The van der Waals surface area contributed by atoms with Gasteiger partial charge < -0.3 is 5.32 Å². The van der Waals surface area contributed by atoms with Crippen molar-refractivity contribution in [3.8, 4) is 0 Å². The van der Waals surface area contributed by atoms with Gasteiger partial charge in [0.05, 0.1) is 0 Å². The highest BCUT2D eigenvalue weighted by Gasteiger charge is 2.40. The van der Waals surface area contributed by atoms with E-state index >= 15 is 0 Å². The second-order valence-corrected chi connectivity index (χ2v) is 5.15. The lowest BCUT2D eigenvalue weighted by molar-refractivity contribution is 0.504. The first-order chi connectivity index (χ1) is 7.13. The van der Waals surface area contributed by atoms with Crippen molar-refractivity contribution in [1.82, 2.24) is 5.32 Å². The zero-order valence-electron chi connectivity index (χ0n) is 8.93. The maximum atomic E-state index is 6.20. The Balaban J connectivity index is 2.26. The van der Waals surface area contributed by atoms with E-state index in [1.54, 1.807) is 0 Å². The van der Waals surface area contributed by atoms with Crippen LogP contribution in [0, 0.1) is 11.8 Å². The maximum absolute atomic E-state index is 6.20. The van der Waals surface area contributed by atoms with E-state index in [2.05, 4.69) is 12.2 Å². The quantitative estimate of drug-likeness (QED) is 0.849. The molecule has 82 valence electrons. The fourth-order valence-electron chi connectivity index (χ4n) is 2.17. The molecule has 15 heavy (non-hydrogen) atoms. The molecule has 0 radical (unpaired) electrons. The zero-order chi connectivity index (χ0) is 11.0. The first kappa shape index (κ1) is 11.3. The van der Waals surface area contributed by atoms with E-state index in [0.29, 0.717) is 17.0 Å². The van der Waals surface area contributed by atoms with Gasteiger partial charge in [0.1, 0.15) is 0 Å². The fourth-order valence-corrected chi connectivity index (χ4v) is 2.70. The molecule has 1 nitrogen and oxygen atoms in total. The summed E-state index contributed by atoms with van der Waals surface area (Å²) in [5.74, 6) is 1.52. The highest BCUT2D eigenvalue weighted by molar-refractivity contribution is 6.35. The summed E-state index contributed by atoms with van der Waals surface area (Å²) in [5, 5.41) is 4.80. The van der Waals surface area contributed by atoms with E-state index in [1.807, 2.05) is 25.2 Å². The molecule has 1 aliphatic rings. The van der Waals surface area contributed by atoms with Crippen LogP contribution in [0.1, 0.15) is 24.9 Å². The van der Waals surface area contributed by atoms with Gasteiger partial charge >= 0.3 is 0 Å². The molecule has 1 fully saturated rings. The lowest BCUT2D eigenvalue weighted by atomic mass is 10.0. The van der Waals surface area contributed by atoms with Gasteiger partial charge in [-0.25, -0.2) is 0 Å². The van der Waals surface area contributed by atoms with Crippen LogP contribution in [0.4, 0.5) is 0 Å². The zero-order valence-corrected chi connectivity index (χ0v) is 10.4. The summed E-state index contributed by atoms with van der Waals surface area (Å²) in [6.07, 6.45) is 1.28. The SMILES string of the molecule is CNC(c1ccc(Cl)cc1Cl)C1CC1C. The van der Waals surface area contributed by atoms with Gasteiger partial charge in [0.25, 0.3) is 0 Å². The lowest BCUT2D eigenvalue weighted by Gasteiger charge is -2.18. The van der Waals surface area contributed by atoms with Crippen LogP contribution in [0.2, 0.25) is 10.0 Å². The monoisotopic (exact) mass is 243 g/mol. The number of hydrogen-bond acceptors (Lipinski definition) is 1. The van der Waals surface area contributed by atoms with Gasteiger partial charge in [-0.2, -0.15) is 0 Å². The molecule has 1 aliphatic carbocycles. The van der Waals surface area contributed by atoms with Gasteiger partial charge in [-0.15, -0.1) is 0 Å². The van der Waals surface area contributed by atoms with Crippen LogP contribution >= 0.6 is 23.2 Å². The molecule has 0 spiro atoms. The molecule has 0 heterocycles. The number of benzene rings is 1. The molecule has 0 saturated heterocycles. The normalized spacial score (nSPS) is 26.4. The van der Waals surface area contributed by atoms with Gasteiger partial charge in [-0.3, -0.25) is 0 Å². The second kappa shape index (κ2) is 4.32. The number of rotatable bonds is 3. The average Bonchev–Trinajstić information content (AvgIpc) is 2.88. The van der Waals surface area contributed by atoms with Crippen molar-refractivity contribution in [2.75, 3.05) is 7.05 Å². The second-order valence-electron chi connectivity index (χ2n) is 4.31. The van der Waals surface area contributed by atoms with Crippen molar-refractivity contribution in [3.05, 3.63) is 33.8 Å².